The molecule has 0 aliphatic carbocycles. The van der Waals surface area contributed by atoms with E-state index in [0.717, 1.165) is 17.4 Å². The molecule has 2 N–H and O–H groups in total. The van der Waals surface area contributed by atoms with Crippen LogP contribution in [0.15, 0.2) is 53.9 Å². The number of methoxy groups -OCH3 is 1. The minimum absolute atomic E-state index is 0.244. The first-order valence-corrected chi connectivity index (χ1v) is 11.0. The number of amides is 1. The van der Waals surface area contributed by atoms with Gasteiger partial charge in [0.15, 0.2) is 5.13 Å². The van der Waals surface area contributed by atoms with Gasteiger partial charge in [0.2, 0.25) is 10.0 Å². The van der Waals surface area contributed by atoms with Crippen LogP contribution in [0.3, 0.4) is 0 Å². The summed E-state index contributed by atoms with van der Waals surface area (Å²) in [6, 6.07) is 14.1. The van der Waals surface area contributed by atoms with E-state index in [9.17, 15) is 13.2 Å². The molecule has 1 aromatic heterocycles. The van der Waals surface area contributed by atoms with Crippen molar-refractivity contribution in [1.82, 2.24) is 4.98 Å². The highest BCUT2D eigenvalue weighted by Crippen LogP contribution is 2.26. The molecule has 3 rings (SSSR count). The van der Waals surface area contributed by atoms with Gasteiger partial charge in [-0.3, -0.25) is 14.8 Å². The molecule has 0 saturated heterocycles. The molecule has 3 aromatic rings. The van der Waals surface area contributed by atoms with Crippen LogP contribution >= 0.6 is 11.3 Å². The van der Waals surface area contributed by atoms with E-state index in [1.165, 1.54) is 11.3 Å². The SMILES string of the molecule is COCc1cccc(C(=O)Nc2nc(-c3ccc(NS(C)(=O)=O)cc3)cs2)c1. The Labute approximate surface area is 167 Å². The molecule has 0 spiro atoms. The lowest BCUT2D eigenvalue weighted by Gasteiger charge is -2.05. The van der Waals surface area contributed by atoms with Crippen LogP contribution in [-0.2, 0) is 21.4 Å². The van der Waals surface area contributed by atoms with Crippen LogP contribution in [0.4, 0.5) is 10.8 Å². The average molecular weight is 418 g/mol. The monoisotopic (exact) mass is 417 g/mol. The molecule has 7 nitrogen and oxygen atoms in total. The third-order valence-electron chi connectivity index (χ3n) is 3.71. The average Bonchev–Trinajstić information content (AvgIpc) is 3.10. The summed E-state index contributed by atoms with van der Waals surface area (Å²) in [4.78, 5) is 16.9. The molecule has 0 bridgehead atoms. The zero-order chi connectivity index (χ0) is 20.1. The number of anilines is 2. The van der Waals surface area contributed by atoms with Gasteiger partial charge in [0.1, 0.15) is 0 Å². The highest BCUT2D eigenvalue weighted by atomic mass is 32.2. The van der Waals surface area contributed by atoms with E-state index in [4.69, 9.17) is 4.74 Å². The van der Waals surface area contributed by atoms with E-state index in [1.54, 1.807) is 43.5 Å². The summed E-state index contributed by atoms with van der Waals surface area (Å²) >= 11 is 1.32. The molecule has 0 radical (unpaired) electrons. The maximum atomic E-state index is 12.4. The molecule has 2 aromatic carbocycles. The first-order chi connectivity index (χ1) is 13.3. The van der Waals surface area contributed by atoms with E-state index in [1.807, 2.05) is 17.5 Å². The largest absolute Gasteiger partial charge is 0.380 e. The van der Waals surface area contributed by atoms with Crippen molar-refractivity contribution in [2.75, 3.05) is 23.4 Å². The summed E-state index contributed by atoms with van der Waals surface area (Å²) in [6.45, 7) is 0.437. The zero-order valence-electron chi connectivity index (χ0n) is 15.3. The second kappa shape index (κ2) is 8.51. The number of sulfonamides is 1. The Kier molecular flexibility index (Phi) is 6.08. The summed E-state index contributed by atoms with van der Waals surface area (Å²) < 4.78 is 30.0. The van der Waals surface area contributed by atoms with Crippen LogP contribution in [0.25, 0.3) is 11.3 Å². The number of carbonyl (C=O) groups excluding carboxylic acids is 1. The third kappa shape index (κ3) is 5.38. The summed E-state index contributed by atoms with van der Waals surface area (Å²) in [5, 5.41) is 5.11. The van der Waals surface area contributed by atoms with Crippen molar-refractivity contribution >= 4 is 38.1 Å². The second-order valence-corrected chi connectivity index (χ2v) is 8.68. The maximum absolute atomic E-state index is 12.4. The normalized spacial score (nSPS) is 11.2. The number of hydrogen-bond acceptors (Lipinski definition) is 6. The fourth-order valence-electron chi connectivity index (χ4n) is 2.53. The van der Waals surface area contributed by atoms with E-state index in [2.05, 4.69) is 15.0 Å². The van der Waals surface area contributed by atoms with Gasteiger partial charge in [-0.05, 0) is 29.8 Å². The minimum Gasteiger partial charge on any atom is -0.380 e. The number of benzene rings is 2. The number of hydrogen-bond donors (Lipinski definition) is 2. The van der Waals surface area contributed by atoms with Gasteiger partial charge in [-0.15, -0.1) is 11.3 Å². The molecule has 0 unspecified atom stereocenters. The van der Waals surface area contributed by atoms with Gasteiger partial charge in [-0.2, -0.15) is 0 Å². The molecule has 146 valence electrons. The van der Waals surface area contributed by atoms with Crippen molar-refractivity contribution in [1.29, 1.82) is 0 Å². The Morgan fingerprint density at radius 1 is 1.18 bits per heavy atom. The Hall–Kier alpha value is -2.75. The number of ether oxygens (including phenoxy) is 1. The van der Waals surface area contributed by atoms with E-state index in [0.29, 0.717) is 28.7 Å². The molecule has 0 aliphatic heterocycles. The van der Waals surface area contributed by atoms with Gasteiger partial charge in [0.25, 0.3) is 5.91 Å². The van der Waals surface area contributed by atoms with Gasteiger partial charge in [0, 0.05) is 29.3 Å². The molecule has 1 amide bonds. The molecular formula is C19H19N3O4S2. The first kappa shape index (κ1) is 20.0. The minimum atomic E-state index is -3.32. The maximum Gasteiger partial charge on any atom is 0.257 e. The number of aromatic nitrogens is 1. The van der Waals surface area contributed by atoms with Crippen LogP contribution in [0.1, 0.15) is 15.9 Å². The standard InChI is InChI=1S/C19H19N3O4S2/c1-26-11-13-4-3-5-15(10-13)18(23)21-19-20-17(12-27-19)14-6-8-16(9-7-14)22-28(2,24)25/h3-10,12,22H,11H2,1-2H3,(H,20,21,23). The van der Waals surface area contributed by atoms with Crippen LogP contribution in [0, 0.1) is 0 Å². The topological polar surface area (TPSA) is 97.4 Å². The van der Waals surface area contributed by atoms with Crippen molar-refractivity contribution in [3.05, 3.63) is 65.0 Å². The molecule has 9 heteroatoms. The predicted octanol–water partition coefficient (Wildman–Crippen LogP) is 3.58. The summed E-state index contributed by atoms with van der Waals surface area (Å²) in [5.41, 5.74) is 3.43. The van der Waals surface area contributed by atoms with Crippen molar-refractivity contribution in [2.24, 2.45) is 0 Å². The fourth-order valence-corrected chi connectivity index (χ4v) is 3.80. The van der Waals surface area contributed by atoms with Crippen LogP contribution in [-0.4, -0.2) is 32.7 Å². The van der Waals surface area contributed by atoms with E-state index >= 15 is 0 Å². The summed E-state index contributed by atoms with van der Waals surface area (Å²) in [5.74, 6) is -0.244. The van der Waals surface area contributed by atoms with Gasteiger partial charge in [-0.25, -0.2) is 13.4 Å². The van der Waals surface area contributed by atoms with E-state index < -0.39 is 10.0 Å². The number of carbonyl (C=O) groups is 1. The van der Waals surface area contributed by atoms with Gasteiger partial charge in [-0.1, -0.05) is 24.3 Å². The lowest BCUT2D eigenvalue weighted by Crippen LogP contribution is -2.12. The smallest absolute Gasteiger partial charge is 0.257 e. The Balaban J connectivity index is 1.70. The van der Waals surface area contributed by atoms with Crippen LogP contribution < -0.4 is 10.0 Å². The lowest BCUT2D eigenvalue weighted by molar-refractivity contribution is 0.102. The Morgan fingerprint density at radius 3 is 2.61 bits per heavy atom. The molecule has 0 fully saturated rings. The second-order valence-electron chi connectivity index (χ2n) is 6.08. The Morgan fingerprint density at radius 2 is 1.93 bits per heavy atom. The molecule has 0 saturated carbocycles. The Bertz CT molecular complexity index is 1080. The number of nitrogens with zero attached hydrogens (tertiary/aromatic N) is 1. The predicted molar refractivity (Wildman–Crippen MR) is 111 cm³/mol. The number of nitrogens with one attached hydrogen (secondary N) is 2. The van der Waals surface area contributed by atoms with Crippen molar-refractivity contribution in [3.8, 4) is 11.3 Å². The highest BCUT2D eigenvalue weighted by Gasteiger charge is 2.11. The van der Waals surface area contributed by atoms with Gasteiger partial charge >= 0.3 is 0 Å². The molecule has 0 atom stereocenters. The summed E-state index contributed by atoms with van der Waals surface area (Å²) in [6.07, 6.45) is 1.10. The first-order valence-electron chi connectivity index (χ1n) is 8.27. The van der Waals surface area contributed by atoms with Gasteiger partial charge < -0.3 is 4.74 Å². The quantitative estimate of drug-likeness (QED) is 0.612. The van der Waals surface area contributed by atoms with E-state index in [-0.39, 0.29) is 5.91 Å². The lowest BCUT2D eigenvalue weighted by atomic mass is 10.1. The van der Waals surface area contributed by atoms with Crippen molar-refractivity contribution < 1.29 is 17.9 Å². The molecule has 28 heavy (non-hydrogen) atoms. The number of thiazole rings is 1. The summed E-state index contributed by atoms with van der Waals surface area (Å²) in [7, 11) is -1.71. The zero-order valence-corrected chi connectivity index (χ0v) is 16.9. The molecular weight excluding hydrogens is 398 g/mol. The van der Waals surface area contributed by atoms with Crippen LogP contribution in [0.5, 0.6) is 0 Å². The van der Waals surface area contributed by atoms with Gasteiger partial charge in [0.05, 0.1) is 18.6 Å². The molecule has 1 heterocycles. The molecule has 0 aliphatic rings. The number of rotatable bonds is 7. The van der Waals surface area contributed by atoms with Crippen molar-refractivity contribution in [3.63, 3.8) is 0 Å². The third-order valence-corrected chi connectivity index (χ3v) is 5.07. The highest BCUT2D eigenvalue weighted by molar-refractivity contribution is 7.92. The fraction of sp³-hybridized carbons (Fsp3) is 0.158. The van der Waals surface area contributed by atoms with Crippen molar-refractivity contribution in [2.45, 2.75) is 6.61 Å². The van der Waals surface area contributed by atoms with Crippen LogP contribution in [0.2, 0.25) is 0 Å².